The molecule has 3 N–H and O–H groups in total. The van der Waals surface area contributed by atoms with E-state index in [4.69, 9.17) is 4.98 Å². The van der Waals surface area contributed by atoms with Gasteiger partial charge in [0.2, 0.25) is 0 Å². The van der Waals surface area contributed by atoms with Crippen molar-refractivity contribution in [1.82, 2.24) is 19.9 Å². The van der Waals surface area contributed by atoms with Gasteiger partial charge in [-0.15, -0.1) is 0 Å². The van der Waals surface area contributed by atoms with Crippen molar-refractivity contribution in [2.24, 2.45) is 0 Å². The van der Waals surface area contributed by atoms with Gasteiger partial charge in [-0.25, -0.2) is 15.0 Å². The minimum atomic E-state index is -0.162. The summed E-state index contributed by atoms with van der Waals surface area (Å²) in [6.45, 7) is 0. The maximum absolute atomic E-state index is 9.65. The number of aliphatic hydroxyl groups excluding tert-OH is 1. The number of hydrogen-bond acceptors (Lipinski definition) is 5. The number of imidazole rings is 1. The lowest BCUT2D eigenvalue weighted by Crippen LogP contribution is -2.28. The third kappa shape index (κ3) is 2.90. The second-order valence-electron chi connectivity index (χ2n) is 6.01. The summed E-state index contributed by atoms with van der Waals surface area (Å²) in [5, 5.41) is 13.2. The van der Waals surface area contributed by atoms with E-state index in [1.807, 2.05) is 30.3 Å². The molecular formula is C17H19N5O. The number of nitrogens with zero attached hydrogens (tertiary/aromatic N) is 3. The maximum Gasteiger partial charge on any atom is 0.183 e. The normalized spacial score (nSPS) is 21.4. The molecule has 0 saturated heterocycles. The summed E-state index contributed by atoms with van der Waals surface area (Å²) >= 11 is 0. The average molecular weight is 309 g/mol. The molecule has 6 nitrogen and oxygen atoms in total. The van der Waals surface area contributed by atoms with Gasteiger partial charge in [0.05, 0.1) is 12.4 Å². The average Bonchev–Trinajstić information content (AvgIpc) is 3.06. The lowest BCUT2D eigenvalue weighted by Gasteiger charge is -2.26. The molecule has 2 aromatic heterocycles. The largest absolute Gasteiger partial charge is 0.393 e. The number of fused-ring (bicyclic) bond motifs is 1. The molecule has 0 atom stereocenters. The number of nitrogens with one attached hydrogen (secondary N) is 2. The highest BCUT2D eigenvalue weighted by molar-refractivity contribution is 5.84. The Hall–Kier alpha value is -2.47. The monoisotopic (exact) mass is 309 g/mol. The number of H-pyrrole nitrogens is 1. The second kappa shape index (κ2) is 5.96. The molecule has 0 aliphatic heterocycles. The molecule has 4 rings (SSSR count). The van der Waals surface area contributed by atoms with Gasteiger partial charge in [-0.05, 0) is 25.7 Å². The summed E-state index contributed by atoms with van der Waals surface area (Å²) in [4.78, 5) is 16.6. The highest BCUT2D eigenvalue weighted by Crippen LogP contribution is 2.26. The van der Waals surface area contributed by atoms with Gasteiger partial charge < -0.3 is 15.4 Å². The summed E-state index contributed by atoms with van der Waals surface area (Å²) in [5.74, 6) is 1.45. The third-order valence-corrected chi connectivity index (χ3v) is 4.36. The molecule has 1 aromatic carbocycles. The predicted molar refractivity (Wildman–Crippen MR) is 89.0 cm³/mol. The Morgan fingerprint density at radius 3 is 2.61 bits per heavy atom. The first-order chi connectivity index (χ1) is 11.3. The number of aliphatic hydroxyl groups is 1. The Kier molecular flexibility index (Phi) is 3.67. The molecule has 0 amide bonds. The van der Waals surface area contributed by atoms with Crippen LogP contribution in [0.4, 0.5) is 5.82 Å². The SMILES string of the molecule is OC1CCC(Nc2nc(-c3ccccc3)nc3nc[nH]c23)CC1. The Bertz CT molecular complexity index is 793. The van der Waals surface area contributed by atoms with Gasteiger partial charge in [0, 0.05) is 11.6 Å². The topological polar surface area (TPSA) is 86.7 Å². The van der Waals surface area contributed by atoms with Crippen molar-refractivity contribution < 1.29 is 5.11 Å². The van der Waals surface area contributed by atoms with Crippen molar-refractivity contribution in [2.75, 3.05) is 5.32 Å². The minimum absolute atomic E-state index is 0.162. The molecule has 1 aliphatic carbocycles. The van der Waals surface area contributed by atoms with E-state index in [2.05, 4.69) is 20.3 Å². The van der Waals surface area contributed by atoms with Gasteiger partial charge >= 0.3 is 0 Å². The van der Waals surface area contributed by atoms with Crippen LogP contribution in [-0.4, -0.2) is 37.2 Å². The van der Waals surface area contributed by atoms with Gasteiger partial charge in [-0.3, -0.25) is 0 Å². The molecule has 0 unspecified atom stereocenters. The molecule has 1 fully saturated rings. The number of aromatic nitrogens is 4. The zero-order valence-corrected chi connectivity index (χ0v) is 12.7. The molecule has 0 radical (unpaired) electrons. The number of rotatable bonds is 3. The van der Waals surface area contributed by atoms with Crippen LogP contribution in [-0.2, 0) is 0 Å². The van der Waals surface area contributed by atoms with Gasteiger partial charge in [0.25, 0.3) is 0 Å². The van der Waals surface area contributed by atoms with Crippen LogP contribution < -0.4 is 5.32 Å². The van der Waals surface area contributed by atoms with Crippen LogP contribution in [0, 0.1) is 0 Å². The van der Waals surface area contributed by atoms with Gasteiger partial charge in [-0.2, -0.15) is 0 Å². The Balaban J connectivity index is 1.69. The molecule has 1 saturated carbocycles. The lowest BCUT2D eigenvalue weighted by molar-refractivity contribution is 0.126. The van der Waals surface area contributed by atoms with Crippen LogP contribution in [0.5, 0.6) is 0 Å². The van der Waals surface area contributed by atoms with Crippen molar-refractivity contribution in [3.63, 3.8) is 0 Å². The molecule has 2 heterocycles. The maximum atomic E-state index is 9.65. The van der Waals surface area contributed by atoms with E-state index in [9.17, 15) is 5.11 Å². The summed E-state index contributed by atoms with van der Waals surface area (Å²) in [6, 6.07) is 10.2. The summed E-state index contributed by atoms with van der Waals surface area (Å²) in [6.07, 6.45) is 5.04. The first-order valence-corrected chi connectivity index (χ1v) is 8.01. The van der Waals surface area contributed by atoms with Crippen molar-refractivity contribution >= 4 is 17.0 Å². The molecule has 118 valence electrons. The quantitative estimate of drug-likeness (QED) is 0.692. The fraction of sp³-hybridized carbons (Fsp3) is 0.353. The van der Waals surface area contributed by atoms with Gasteiger partial charge in [0.15, 0.2) is 17.3 Å². The van der Waals surface area contributed by atoms with E-state index in [1.165, 1.54) is 0 Å². The molecule has 3 aromatic rings. The zero-order valence-electron chi connectivity index (χ0n) is 12.7. The van der Waals surface area contributed by atoms with Gasteiger partial charge in [-0.1, -0.05) is 30.3 Å². The van der Waals surface area contributed by atoms with E-state index in [0.29, 0.717) is 17.5 Å². The van der Waals surface area contributed by atoms with Crippen LogP contribution >= 0.6 is 0 Å². The van der Waals surface area contributed by atoms with Crippen LogP contribution in [0.1, 0.15) is 25.7 Å². The van der Waals surface area contributed by atoms with Gasteiger partial charge in [0.1, 0.15) is 5.52 Å². The summed E-state index contributed by atoms with van der Waals surface area (Å²) in [5.41, 5.74) is 2.47. The number of benzene rings is 1. The molecule has 0 spiro atoms. The Morgan fingerprint density at radius 1 is 1.04 bits per heavy atom. The number of aromatic amines is 1. The number of anilines is 1. The Morgan fingerprint density at radius 2 is 1.83 bits per heavy atom. The van der Waals surface area contributed by atoms with Crippen molar-refractivity contribution in [3.05, 3.63) is 36.7 Å². The third-order valence-electron chi connectivity index (χ3n) is 4.36. The van der Waals surface area contributed by atoms with Crippen molar-refractivity contribution in [1.29, 1.82) is 0 Å². The molecule has 1 aliphatic rings. The highest BCUT2D eigenvalue weighted by Gasteiger charge is 2.21. The van der Waals surface area contributed by atoms with E-state index in [0.717, 1.165) is 42.6 Å². The van der Waals surface area contributed by atoms with Crippen molar-refractivity contribution in [3.8, 4) is 11.4 Å². The molecule has 0 bridgehead atoms. The summed E-state index contributed by atoms with van der Waals surface area (Å²) in [7, 11) is 0. The molecule has 6 heteroatoms. The van der Waals surface area contributed by atoms with Crippen LogP contribution in [0.3, 0.4) is 0 Å². The first-order valence-electron chi connectivity index (χ1n) is 8.01. The fourth-order valence-electron chi connectivity index (χ4n) is 3.07. The first kappa shape index (κ1) is 14.1. The van der Waals surface area contributed by atoms with Crippen LogP contribution in [0.15, 0.2) is 36.7 Å². The van der Waals surface area contributed by atoms with E-state index >= 15 is 0 Å². The van der Waals surface area contributed by atoms with E-state index < -0.39 is 0 Å². The minimum Gasteiger partial charge on any atom is -0.393 e. The lowest BCUT2D eigenvalue weighted by atomic mass is 9.93. The second-order valence-corrected chi connectivity index (χ2v) is 6.01. The standard InChI is InChI=1S/C17H19N5O/c23-13-8-6-12(7-9-13)20-17-14-16(19-10-18-14)21-15(22-17)11-4-2-1-3-5-11/h1-5,10,12-13,23H,6-9H2,(H2,18,19,20,21,22). The predicted octanol–water partition coefficient (Wildman–Crippen LogP) is 2.74. The van der Waals surface area contributed by atoms with Crippen LogP contribution in [0.2, 0.25) is 0 Å². The molecular weight excluding hydrogens is 290 g/mol. The van der Waals surface area contributed by atoms with Crippen molar-refractivity contribution in [2.45, 2.75) is 37.8 Å². The fourth-order valence-corrected chi connectivity index (χ4v) is 3.07. The smallest absolute Gasteiger partial charge is 0.183 e. The summed E-state index contributed by atoms with van der Waals surface area (Å²) < 4.78 is 0. The molecule has 23 heavy (non-hydrogen) atoms. The number of hydrogen-bond donors (Lipinski definition) is 3. The van der Waals surface area contributed by atoms with E-state index in [1.54, 1.807) is 6.33 Å². The van der Waals surface area contributed by atoms with E-state index in [-0.39, 0.29) is 6.10 Å². The van der Waals surface area contributed by atoms with Crippen LogP contribution in [0.25, 0.3) is 22.6 Å². The Labute approximate surface area is 134 Å². The highest BCUT2D eigenvalue weighted by atomic mass is 16.3. The zero-order chi connectivity index (χ0) is 15.6.